The van der Waals surface area contributed by atoms with Gasteiger partial charge in [0.2, 0.25) is 5.95 Å². The van der Waals surface area contributed by atoms with Crippen LogP contribution in [0.4, 0.5) is 5.95 Å². The lowest BCUT2D eigenvalue weighted by Gasteiger charge is -2.11. The van der Waals surface area contributed by atoms with E-state index in [2.05, 4.69) is 40.8 Å². The molecule has 0 aromatic carbocycles. The van der Waals surface area contributed by atoms with Gasteiger partial charge < -0.3 is 9.88 Å². The number of nitrogens with one attached hydrogen (secondary N) is 1. The summed E-state index contributed by atoms with van der Waals surface area (Å²) in [6, 6.07) is 0. The van der Waals surface area contributed by atoms with Crippen molar-refractivity contribution in [3.05, 3.63) is 24.5 Å². The second-order valence-corrected chi connectivity index (χ2v) is 5.18. The van der Waals surface area contributed by atoms with Crippen LogP contribution in [-0.2, 0) is 6.54 Å². The van der Waals surface area contributed by atoms with Gasteiger partial charge in [0.15, 0.2) is 0 Å². The van der Waals surface area contributed by atoms with Gasteiger partial charge in [-0.3, -0.25) is 0 Å². The standard InChI is InChI=1S/C12H21N3S/c1-5-7-13-12-14-10(2)9-15(12)8-6-11(3)16-4/h5,9,11H,1,6-8H2,2-4H3,(H,13,14). The summed E-state index contributed by atoms with van der Waals surface area (Å²) < 4.78 is 2.19. The molecule has 0 bridgehead atoms. The third-order valence-electron chi connectivity index (χ3n) is 2.48. The van der Waals surface area contributed by atoms with E-state index in [-0.39, 0.29) is 0 Å². The molecule has 1 unspecified atom stereocenters. The lowest BCUT2D eigenvalue weighted by Crippen LogP contribution is -2.09. The van der Waals surface area contributed by atoms with Crippen LogP contribution in [0.3, 0.4) is 0 Å². The van der Waals surface area contributed by atoms with Gasteiger partial charge in [-0.2, -0.15) is 11.8 Å². The predicted octanol–water partition coefficient (Wildman–Crippen LogP) is 2.93. The Balaban J connectivity index is 2.59. The fourth-order valence-electron chi connectivity index (χ4n) is 1.46. The van der Waals surface area contributed by atoms with Crippen molar-refractivity contribution in [1.29, 1.82) is 0 Å². The minimum Gasteiger partial charge on any atom is -0.352 e. The summed E-state index contributed by atoms with van der Waals surface area (Å²) >= 11 is 1.90. The molecule has 16 heavy (non-hydrogen) atoms. The van der Waals surface area contributed by atoms with Gasteiger partial charge in [-0.1, -0.05) is 13.0 Å². The summed E-state index contributed by atoms with van der Waals surface area (Å²) in [5.74, 6) is 0.950. The van der Waals surface area contributed by atoms with E-state index in [0.717, 1.165) is 24.7 Å². The molecule has 1 rings (SSSR count). The Hall–Kier alpha value is -0.900. The maximum absolute atomic E-state index is 4.45. The summed E-state index contributed by atoms with van der Waals surface area (Å²) in [5, 5.41) is 3.94. The average molecular weight is 239 g/mol. The first-order chi connectivity index (χ1) is 7.67. The first kappa shape index (κ1) is 13.2. The molecule has 1 heterocycles. The summed E-state index contributed by atoms with van der Waals surface area (Å²) in [6.45, 7) is 9.75. The second-order valence-electron chi connectivity index (χ2n) is 3.90. The van der Waals surface area contributed by atoms with E-state index >= 15 is 0 Å². The highest BCUT2D eigenvalue weighted by atomic mass is 32.2. The molecule has 0 fully saturated rings. The SMILES string of the molecule is C=CCNc1nc(C)cn1CCC(C)SC. The van der Waals surface area contributed by atoms with Crippen LogP contribution < -0.4 is 5.32 Å². The van der Waals surface area contributed by atoms with E-state index < -0.39 is 0 Å². The van der Waals surface area contributed by atoms with Gasteiger partial charge in [0, 0.05) is 24.5 Å². The first-order valence-electron chi connectivity index (χ1n) is 5.58. The van der Waals surface area contributed by atoms with E-state index in [0.29, 0.717) is 5.25 Å². The monoisotopic (exact) mass is 239 g/mol. The number of aryl methyl sites for hydroxylation is 2. The fourth-order valence-corrected chi connectivity index (χ4v) is 1.80. The Labute approximate surface area is 102 Å². The summed E-state index contributed by atoms with van der Waals surface area (Å²) in [7, 11) is 0. The molecular formula is C12H21N3S. The molecule has 4 heteroatoms. The van der Waals surface area contributed by atoms with Gasteiger partial charge >= 0.3 is 0 Å². The van der Waals surface area contributed by atoms with Crippen molar-refractivity contribution in [2.45, 2.75) is 32.1 Å². The number of hydrogen-bond acceptors (Lipinski definition) is 3. The molecule has 1 aromatic rings. The lowest BCUT2D eigenvalue weighted by molar-refractivity contribution is 0.644. The lowest BCUT2D eigenvalue weighted by atomic mass is 10.3. The molecule has 3 nitrogen and oxygen atoms in total. The second kappa shape index (κ2) is 6.63. The zero-order valence-electron chi connectivity index (χ0n) is 10.4. The van der Waals surface area contributed by atoms with Crippen LogP contribution in [0.25, 0.3) is 0 Å². The van der Waals surface area contributed by atoms with E-state index in [1.165, 1.54) is 6.42 Å². The molecule has 1 N–H and O–H groups in total. The van der Waals surface area contributed by atoms with Crippen LogP contribution >= 0.6 is 11.8 Å². The Kier molecular flexibility index (Phi) is 5.46. The van der Waals surface area contributed by atoms with Crippen molar-refractivity contribution in [2.75, 3.05) is 18.1 Å². The van der Waals surface area contributed by atoms with Crippen LogP contribution in [0.2, 0.25) is 0 Å². The zero-order chi connectivity index (χ0) is 12.0. The fraction of sp³-hybridized carbons (Fsp3) is 0.583. The number of aromatic nitrogens is 2. The minimum atomic E-state index is 0.690. The zero-order valence-corrected chi connectivity index (χ0v) is 11.2. The van der Waals surface area contributed by atoms with E-state index in [4.69, 9.17) is 0 Å². The van der Waals surface area contributed by atoms with E-state index in [1.807, 2.05) is 24.8 Å². The third kappa shape index (κ3) is 3.93. The molecule has 1 aromatic heterocycles. The Morgan fingerprint density at radius 2 is 2.44 bits per heavy atom. The van der Waals surface area contributed by atoms with Gasteiger partial charge in [0.1, 0.15) is 0 Å². The number of nitrogens with zero attached hydrogens (tertiary/aromatic N) is 2. The van der Waals surface area contributed by atoms with E-state index in [1.54, 1.807) is 0 Å². The molecule has 0 spiro atoms. The molecule has 0 saturated carbocycles. The molecule has 0 amide bonds. The predicted molar refractivity (Wildman–Crippen MR) is 73.2 cm³/mol. The van der Waals surface area contributed by atoms with Crippen LogP contribution in [0.5, 0.6) is 0 Å². The Bertz CT molecular complexity index is 333. The third-order valence-corrected chi connectivity index (χ3v) is 3.52. The number of anilines is 1. The molecule has 0 aliphatic carbocycles. The molecule has 0 aliphatic heterocycles. The van der Waals surface area contributed by atoms with Crippen molar-refractivity contribution in [1.82, 2.24) is 9.55 Å². The highest BCUT2D eigenvalue weighted by Gasteiger charge is 2.06. The smallest absolute Gasteiger partial charge is 0.203 e. The quantitative estimate of drug-likeness (QED) is 0.742. The van der Waals surface area contributed by atoms with Crippen LogP contribution in [0.1, 0.15) is 19.0 Å². The topological polar surface area (TPSA) is 29.9 Å². The van der Waals surface area contributed by atoms with Crippen molar-refractivity contribution >= 4 is 17.7 Å². The van der Waals surface area contributed by atoms with Crippen molar-refractivity contribution in [2.24, 2.45) is 0 Å². The Morgan fingerprint density at radius 3 is 3.06 bits per heavy atom. The van der Waals surface area contributed by atoms with Gasteiger partial charge in [0.05, 0.1) is 5.69 Å². The van der Waals surface area contributed by atoms with Gasteiger partial charge in [-0.15, -0.1) is 6.58 Å². The summed E-state index contributed by atoms with van der Waals surface area (Å²) in [5.41, 5.74) is 1.06. The van der Waals surface area contributed by atoms with Crippen LogP contribution in [-0.4, -0.2) is 27.6 Å². The maximum Gasteiger partial charge on any atom is 0.203 e. The molecular weight excluding hydrogens is 218 g/mol. The number of thioether (sulfide) groups is 1. The number of rotatable bonds is 7. The molecule has 90 valence electrons. The maximum atomic E-state index is 4.45. The van der Waals surface area contributed by atoms with Crippen molar-refractivity contribution < 1.29 is 0 Å². The molecule has 1 atom stereocenters. The Morgan fingerprint density at radius 1 is 1.69 bits per heavy atom. The first-order valence-corrected chi connectivity index (χ1v) is 6.87. The van der Waals surface area contributed by atoms with Crippen LogP contribution in [0, 0.1) is 6.92 Å². The van der Waals surface area contributed by atoms with Gasteiger partial charge in [-0.25, -0.2) is 4.98 Å². The van der Waals surface area contributed by atoms with E-state index in [9.17, 15) is 0 Å². The summed E-state index contributed by atoms with van der Waals surface area (Å²) in [6.07, 6.45) is 7.26. The number of hydrogen-bond donors (Lipinski definition) is 1. The number of imidazole rings is 1. The average Bonchev–Trinajstić information content (AvgIpc) is 2.63. The van der Waals surface area contributed by atoms with Crippen molar-refractivity contribution in [3.8, 4) is 0 Å². The normalized spacial score (nSPS) is 12.4. The highest BCUT2D eigenvalue weighted by Crippen LogP contribution is 2.14. The minimum absolute atomic E-state index is 0.690. The van der Waals surface area contributed by atoms with Crippen molar-refractivity contribution in [3.63, 3.8) is 0 Å². The largest absolute Gasteiger partial charge is 0.352 e. The van der Waals surface area contributed by atoms with Gasteiger partial charge in [-0.05, 0) is 19.6 Å². The van der Waals surface area contributed by atoms with Gasteiger partial charge in [0.25, 0.3) is 0 Å². The van der Waals surface area contributed by atoms with Crippen LogP contribution in [0.15, 0.2) is 18.9 Å². The highest BCUT2D eigenvalue weighted by molar-refractivity contribution is 7.99. The molecule has 0 aliphatic rings. The molecule has 0 saturated heterocycles. The molecule has 0 radical (unpaired) electrons. The summed E-state index contributed by atoms with van der Waals surface area (Å²) in [4.78, 5) is 4.45.